The van der Waals surface area contributed by atoms with Gasteiger partial charge in [0, 0.05) is 6.04 Å². The van der Waals surface area contributed by atoms with E-state index in [1.54, 1.807) is 0 Å². The summed E-state index contributed by atoms with van der Waals surface area (Å²) in [5, 5.41) is 0. The van der Waals surface area contributed by atoms with E-state index in [-0.39, 0.29) is 16.8 Å². The number of nitrogens with two attached hydrogens (primary N) is 1. The highest BCUT2D eigenvalue weighted by Gasteiger charge is 2.42. The Morgan fingerprint density at radius 3 is 2.65 bits per heavy atom. The van der Waals surface area contributed by atoms with Gasteiger partial charge in [0.2, 0.25) is 10.0 Å². The third kappa shape index (κ3) is 3.17. The number of fused-ring (bicyclic) bond motifs is 2. The number of sulfonamides is 1. The summed E-state index contributed by atoms with van der Waals surface area (Å²) in [6, 6.07) is 0.00431. The van der Waals surface area contributed by atoms with E-state index in [9.17, 15) is 8.42 Å². The predicted octanol–water partition coefficient (Wildman–Crippen LogP) is 1.02. The normalized spacial score (nSPS) is 33.8. The van der Waals surface area contributed by atoms with Crippen molar-refractivity contribution in [2.75, 3.05) is 5.75 Å². The SMILES string of the molecule is CC(NS(=O)(=O)CC(N)=S)C1CC2CCC1C2. The van der Waals surface area contributed by atoms with Gasteiger partial charge < -0.3 is 5.73 Å². The molecule has 0 aliphatic heterocycles. The van der Waals surface area contributed by atoms with E-state index >= 15 is 0 Å². The fourth-order valence-corrected chi connectivity index (χ4v) is 5.17. The van der Waals surface area contributed by atoms with Crippen molar-refractivity contribution < 1.29 is 8.42 Å². The number of hydrogen-bond donors (Lipinski definition) is 2. The molecular weight excluding hydrogens is 256 g/mol. The molecule has 4 unspecified atom stereocenters. The van der Waals surface area contributed by atoms with Crippen molar-refractivity contribution in [1.82, 2.24) is 4.72 Å². The standard InChI is InChI=1S/C11H20N2O2S2/c1-7(13-17(14,15)6-11(12)16)10-5-8-2-3-9(10)4-8/h7-10,13H,2-6H2,1H3,(H2,12,16). The van der Waals surface area contributed by atoms with Crippen LogP contribution < -0.4 is 10.5 Å². The van der Waals surface area contributed by atoms with Crippen molar-refractivity contribution in [3.8, 4) is 0 Å². The maximum atomic E-state index is 11.7. The zero-order valence-electron chi connectivity index (χ0n) is 10.1. The fourth-order valence-electron chi connectivity index (χ4n) is 3.51. The molecule has 2 aliphatic rings. The Labute approximate surface area is 108 Å². The molecule has 2 aliphatic carbocycles. The van der Waals surface area contributed by atoms with E-state index in [1.165, 1.54) is 25.7 Å². The smallest absolute Gasteiger partial charge is 0.218 e. The van der Waals surface area contributed by atoms with Crippen LogP contribution in [0.25, 0.3) is 0 Å². The lowest BCUT2D eigenvalue weighted by Gasteiger charge is -2.28. The van der Waals surface area contributed by atoms with Gasteiger partial charge in [0.15, 0.2) is 0 Å². The molecule has 98 valence electrons. The maximum absolute atomic E-state index is 11.7. The van der Waals surface area contributed by atoms with Crippen molar-refractivity contribution >= 4 is 27.2 Å². The van der Waals surface area contributed by atoms with Crippen molar-refractivity contribution in [3.05, 3.63) is 0 Å². The van der Waals surface area contributed by atoms with Gasteiger partial charge in [-0.05, 0) is 43.9 Å². The first-order valence-electron chi connectivity index (χ1n) is 6.15. The van der Waals surface area contributed by atoms with Gasteiger partial charge in [-0.3, -0.25) is 0 Å². The molecule has 0 saturated heterocycles. The van der Waals surface area contributed by atoms with E-state index in [0.717, 1.165) is 5.92 Å². The van der Waals surface area contributed by atoms with Gasteiger partial charge in [-0.15, -0.1) is 0 Å². The first-order chi connectivity index (χ1) is 7.87. The first-order valence-corrected chi connectivity index (χ1v) is 8.22. The molecule has 0 spiro atoms. The lowest BCUT2D eigenvalue weighted by Crippen LogP contribution is -2.42. The summed E-state index contributed by atoms with van der Waals surface area (Å²) in [4.78, 5) is 0.0256. The van der Waals surface area contributed by atoms with E-state index in [1.807, 2.05) is 6.92 Å². The molecule has 2 fully saturated rings. The largest absolute Gasteiger partial charge is 0.392 e. The number of thiocarbonyl (C=S) groups is 1. The Hall–Kier alpha value is -0.200. The Bertz CT molecular complexity index is 408. The van der Waals surface area contributed by atoms with Crippen LogP contribution in [0.2, 0.25) is 0 Å². The predicted molar refractivity (Wildman–Crippen MR) is 72.1 cm³/mol. The van der Waals surface area contributed by atoms with Crippen LogP contribution in [0.4, 0.5) is 0 Å². The molecule has 2 rings (SSSR count). The highest BCUT2D eigenvalue weighted by molar-refractivity contribution is 7.92. The highest BCUT2D eigenvalue weighted by atomic mass is 32.2. The van der Waals surface area contributed by atoms with Crippen LogP contribution in [0, 0.1) is 17.8 Å². The van der Waals surface area contributed by atoms with Crippen LogP contribution in [-0.2, 0) is 10.0 Å². The summed E-state index contributed by atoms with van der Waals surface area (Å²) in [5.41, 5.74) is 5.28. The fraction of sp³-hybridized carbons (Fsp3) is 0.909. The molecule has 2 saturated carbocycles. The number of nitrogens with one attached hydrogen (secondary N) is 1. The molecule has 0 amide bonds. The topological polar surface area (TPSA) is 72.2 Å². The zero-order chi connectivity index (χ0) is 12.6. The minimum atomic E-state index is -3.35. The number of hydrogen-bond acceptors (Lipinski definition) is 3. The minimum absolute atomic E-state index is 0.00431. The molecule has 3 N–H and O–H groups in total. The number of rotatable bonds is 5. The third-order valence-electron chi connectivity index (χ3n) is 4.13. The highest BCUT2D eigenvalue weighted by Crippen LogP contribution is 2.49. The van der Waals surface area contributed by atoms with E-state index in [0.29, 0.717) is 11.8 Å². The average Bonchev–Trinajstić information content (AvgIpc) is 2.74. The van der Waals surface area contributed by atoms with Gasteiger partial charge in [-0.2, -0.15) is 0 Å². The summed E-state index contributed by atoms with van der Waals surface area (Å²) in [5.74, 6) is 1.79. The minimum Gasteiger partial charge on any atom is -0.392 e. The Morgan fingerprint density at radius 1 is 1.47 bits per heavy atom. The second kappa shape index (κ2) is 4.82. The molecule has 6 heteroatoms. The maximum Gasteiger partial charge on any atom is 0.218 e. The van der Waals surface area contributed by atoms with Gasteiger partial charge in [0.1, 0.15) is 5.75 Å². The van der Waals surface area contributed by atoms with Crippen molar-refractivity contribution in [2.24, 2.45) is 23.5 Å². The summed E-state index contributed by atoms with van der Waals surface area (Å²) in [6.07, 6.45) is 5.04. The molecule has 2 bridgehead atoms. The van der Waals surface area contributed by atoms with Gasteiger partial charge in [0.05, 0.1) is 4.99 Å². The summed E-state index contributed by atoms with van der Waals surface area (Å²) >= 11 is 4.64. The van der Waals surface area contributed by atoms with Crippen LogP contribution in [0.5, 0.6) is 0 Å². The van der Waals surface area contributed by atoms with E-state index in [2.05, 4.69) is 16.9 Å². The summed E-state index contributed by atoms with van der Waals surface area (Å²) in [7, 11) is -3.35. The average molecular weight is 276 g/mol. The molecule has 4 atom stereocenters. The monoisotopic (exact) mass is 276 g/mol. The van der Waals surface area contributed by atoms with Gasteiger partial charge >= 0.3 is 0 Å². The van der Waals surface area contributed by atoms with Crippen LogP contribution in [-0.4, -0.2) is 25.2 Å². The van der Waals surface area contributed by atoms with E-state index in [4.69, 9.17) is 5.73 Å². The first kappa shape index (κ1) is 13.2. The molecule has 17 heavy (non-hydrogen) atoms. The quantitative estimate of drug-likeness (QED) is 0.735. The van der Waals surface area contributed by atoms with Gasteiger partial charge in [-0.25, -0.2) is 13.1 Å². The van der Waals surface area contributed by atoms with Crippen molar-refractivity contribution in [3.63, 3.8) is 0 Å². The van der Waals surface area contributed by atoms with Crippen molar-refractivity contribution in [1.29, 1.82) is 0 Å². The molecule has 0 aromatic heterocycles. The zero-order valence-corrected chi connectivity index (χ0v) is 11.7. The third-order valence-corrected chi connectivity index (χ3v) is 5.88. The molecular formula is C11H20N2O2S2. The second-order valence-electron chi connectivity index (χ2n) is 5.47. The molecule has 0 heterocycles. The lowest BCUT2D eigenvalue weighted by atomic mass is 9.84. The van der Waals surface area contributed by atoms with Gasteiger partial charge in [-0.1, -0.05) is 18.6 Å². The summed E-state index contributed by atoms with van der Waals surface area (Å²) < 4.78 is 26.2. The van der Waals surface area contributed by atoms with Crippen molar-refractivity contribution in [2.45, 2.75) is 38.6 Å². The second-order valence-corrected chi connectivity index (χ2v) is 7.75. The van der Waals surface area contributed by atoms with Crippen LogP contribution >= 0.6 is 12.2 Å². The molecule has 0 aromatic carbocycles. The molecule has 0 radical (unpaired) electrons. The van der Waals surface area contributed by atoms with Gasteiger partial charge in [0.25, 0.3) is 0 Å². The Morgan fingerprint density at radius 2 is 2.18 bits per heavy atom. The molecule has 4 nitrogen and oxygen atoms in total. The summed E-state index contributed by atoms with van der Waals surface area (Å²) in [6.45, 7) is 1.96. The van der Waals surface area contributed by atoms with E-state index < -0.39 is 10.0 Å². The lowest BCUT2D eigenvalue weighted by molar-refractivity contribution is 0.280. The Balaban J connectivity index is 1.93. The van der Waals surface area contributed by atoms with Crippen LogP contribution in [0.15, 0.2) is 0 Å². The Kier molecular flexibility index (Phi) is 3.75. The van der Waals surface area contributed by atoms with Crippen LogP contribution in [0.3, 0.4) is 0 Å². The van der Waals surface area contributed by atoms with Crippen LogP contribution in [0.1, 0.15) is 32.6 Å². The molecule has 0 aromatic rings.